The number of aryl methyl sites for hydroxylation is 1. The van der Waals surface area contributed by atoms with E-state index in [4.69, 9.17) is 9.47 Å². The highest BCUT2D eigenvalue weighted by atomic mass is 16.5. The molecule has 3 rings (SSSR count). The highest BCUT2D eigenvalue weighted by molar-refractivity contribution is 5.93. The lowest BCUT2D eigenvalue weighted by Crippen LogP contribution is -2.43. The van der Waals surface area contributed by atoms with Crippen LogP contribution in [0.3, 0.4) is 0 Å². The van der Waals surface area contributed by atoms with Gasteiger partial charge in [0.15, 0.2) is 0 Å². The van der Waals surface area contributed by atoms with E-state index in [9.17, 15) is 9.59 Å². The average Bonchev–Trinajstić information content (AvgIpc) is 3.06. The van der Waals surface area contributed by atoms with Crippen molar-refractivity contribution >= 4 is 5.91 Å². The minimum Gasteiger partial charge on any atom is -0.491 e. The summed E-state index contributed by atoms with van der Waals surface area (Å²) in [6.45, 7) is 2.86. The van der Waals surface area contributed by atoms with E-state index in [2.05, 4.69) is 9.97 Å². The van der Waals surface area contributed by atoms with Gasteiger partial charge in [-0.15, -0.1) is 0 Å². The number of carbonyl (C=O) groups excluding carboxylic acids is 1. The molecule has 7 heteroatoms. The first kappa shape index (κ1) is 17.2. The monoisotopic (exact) mass is 343 g/mol. The second-order valence-electron chi connectivity index (χ2n) is 6.18. The molecule has 1 aromatic carbocycles. The van der Waals surface area contributed by atoms with Crippen molar-refractivity contribution in [3.63, 3.8) is 0 Å². The number of amides is 1. The molecule has 0 radical (unpaired) electrons. The van der Waals surface area contributed by atoms with E-state index in [0.717, 1.165) is 5.75 Å². The van der Waals surface area contributed by atoms with Crippen molar-refractivity contribution in [2.45, 2.75) is 18.9 Å². The Labute approximate surface area is 145 Å². The van der Waals surface area contributed by atoms with Gasteiger partial charge in [-0.1, -0.05) is 18.2 Å². The normalized spacial score (nSPS) is 19.8. The first-order chi connectivity index (χ1) is 12.0. The molecule has 2 aromatic rings. The van der Waals surface area contributed by atoms with E-state index in [-0.39, 0.29) is 11.5 Å². The zero-order valence-electron chi connectivity index (χ0n) is 14.3. The maximum Gasteiger partial charge on any atom is 0.263 e. The molecule has 0 unspecified atom stereocenters. The summed E-state index contributed by atoms with van der Waals surface area (Å²) < 4.78 is 11.5. The Hall–Kier alpha value is -2.67. The highest BCUT2D eigenvalue weighted by Gasteiger charge is 2.41. The Kier molecular flexibility index (Phi) is 4.85. The van der Waals surface area contributed by atoms with Crippen LogP contribution in [0.25, 0.3) is 0 Å². The Bertz CT molecular complexity index is 805. The molecular weight excluding hydrogens is 322 g/mol. The topological polar surface area (TPSA) is 84.5 Å². The summed E-state index contributed by atoms with van der Waals surface area (Å²) in [7, 11) is 1.61. The number of ether oxygens (including phenoxy) is 2. The molecule has 7 nitrogen and oxygen atoms in total. The fourth-order valence-electron chi connectivity index (χ4n) is 2.90. The van der Waals surface area contributed by atoms with Crippen LogP contribution in [0.4, 0.5) is 0 Å². The third-order valence-electron chi connectivity index (χ3n) is 4.44. The van der Waals surface area contributed by atoms with Gasteiger partial charge in [0.05, 0.1) is 6.54 Å². The molecule has 0 bridgehead atoms. The van der Waals surface area contributed by atoms with Crippen molar-refractivity contribution in [3.05, 3.63) is 58.3 Å². The Balaban J connectivity index is 1.70. The highest BCUT2D eigenvalue weighted by Crippen LogP contribution is 2.27. The molecule has 0 spiro atoms. The number of likely N-dealkylation sites (tertiary alicyclic amines) is 1. The van der Waals surface area contributed by atoms with Crippen LogP contribution in [0.2, 0.25) is 0 Å². The number of aromatic nitrogens is 2. The molecule has 1 amide bonds. The van der Waals surface area contributed by atoms with E-state index < -0.39 is 11.2 Å². The number of para-hydroxylation sites is 1. The van der Waals surface area contributed by atoms with E-state index in [1.807, 2.05) is 30.3 Å². The molecule has 132 valence electrons. The van der Waals surface area contributed by atoms with Crippen LogP contribution in [-0.2, 0) is 4.74 Å². The minimum absolute atomic E-state index is 0.0430. The summed E-state index contributed by atoms with van der Waals surface area (Å²) >= 11 is 0. The van der Waals surface area contributed by atoms with Crippen molar-refractivity contribution in [3.8, 4) is 5.75 Å². The minimum atomic E-state index is -0.587. The fraction of sp³-hybridized carbons (Fsp3) is 0.389. The van der Waals surface area contributed by atoms with Crippen molar-refractivity contribution < 1.29 is 14.3 Å². The summed E-state index contributed by atoms with van der Waals surface area (Å²) in [6, 6.07) is 9.46. The van der Waals surface area contributed by atoms with Gasteiger partial charge in [-0.2, -0.15) is 0 Å². The maximum absolute atomic E-state index is 12.6. The van der Waals surface area contributed by atoms with Gasteiger partial charge in [-0.3, -0.25) is 9.59 Å². The zero-order chi connectivity index (χ0) is 17.9. The van der Waals surface area contributed by atoms with Crippen LogP contribution in [0.5, 0.6) is 5.75 Å². The second-order valence-corrected chi connectivity index (χ2v) is 6.18. The largest absolute Gasteiger partial charge is 0.491 e. The van der Waals surface area contributed by atoms with Gasteiger partial charge in [0, 0.05) is 19.9 Å². The lowest BCUT2D eigenvalue weighted by molar-refractivity contribution is -0.0342. The molecule has 1 fully saturated rings. The summed E-state index contributed by atoms with van der Waals surface area (Å²) in [4.78, 5) is 32.8. The Morgan fingerprint density at radius 2 is 2.12 bits per heavy atom. The third kappa shape index (κ3) is 3.71. The number of methoxy groups -OCH3 is 1. The lowest BCUT2D eigenvalue weighted by atomic mass is 10.0. The molecule has 1 aliphatic rings. The van der Waals surface area contributed by atoms with Crippen molar-refractivity contribution in [2.75, 3.05) is 26.8 Å². The van der Waals surface area contributed by atoms with Crippen LogP contribution >= 0.6 is 0 Å². The Morgan fingerprint density at radius 3 is 2.80 bits per heavy atom. The molecular formula is C18H21N3O4. The molecule has 2 heterocycles. The lowest BCUT2D eigenvalue weighted by Gasteiger charge is -2.27. The Morgan fingerprint density at radius 1 is 1.36 bits per heavy atom. The van der Waals surface area contributed by atoms with Crippen LogP contribution in [0.15, 0.2) is 41.3 Å². The molecule has 0 aliphatic carbocycles. The van der Waals surface area contributed by atoms with Gasteiger partial charge in [0.1, 0.15) is 29.3 Å². The predicted molar refractivity (Wildman–Crippen MR) is 91.8 cm³/mol. The number of benzene rings is 1. The van der Waals surface area contributed by atoms with Crippen molar-refractivity contribution in [1.82, 2.24) is 14.9 Å². The first-order valence-corrected chi connectivity index (χ1v) is 8.11. The quantitative estimate of drug-likeness (QED) is 0.887. The number of hydrogen-bond acceptors (Lipinski definition) is 5. The van der Waals surface area contributed by atoms with Crippen molar-refractivity contribution in [1.29, 1.82) is 0 Å². The van der Waals surface area contributed by atoms with E-state index in [1.54, 1.807) is 18.9 Å². The van der Waals surface area contributed by atoms with Crippen LogP contribution in [-0.4, -0.2) is 53.2 Å². The van der Waals surface area contributed by atoms with Crippen LogP contribution in [0, 0.1) is 6.92 Å². The molecule has 0 saturated carbocycles. The van der Waals surface area contributed by atoms with Gasteiger partial charge >= 0.3 is 0 Å². The maximum atomic E-state index is 12.6. The van der Waals surface area contributed by atoms with E-state index in [0.29, 0.717) is 31.9 Å². The summed E-state index contributed by atoms with van der Waals surface area (Å²) in [5.41, 5.74) is -0.967. The fourth-order valence-corrected chi connectivity index (χ4v) is 2.90. The van der Waals surface area contributed by atoms with Gasteiger partial charge in [0.2, 0.25) is 0 Å². The summed E-state index contributed by atoms with van der Waals surface area (Å²) in [5, 5.41) is 0. The van der Waals surface area contributed by atoms with Crippen LogP contribution in [0.1, 0.15) is 22.6 Å². The van der Waals surface area contributed by atoms with Gasteiger partial charge in [-0.05, 0) is 25.5 Å². The molecule has 1 N–H and O–H groups in total. The molecule has 1 aliphatic heterocycles. The predicted octanol–water partition coefficient (Wildman–Crippen LogP) is 1.39. The summed E-state index contributed by atoms with van der Waals surface area (Å²) in [5.74, 6) is 0.890. The number of nitrogens with zero attached hydrogens (tertiary/aromatic N) is 2. The van der Waals surface area contributed by atoms with Crippen LogP contribution < -0.4 is 10.3 Å². The number of H-pyrrole nitrogens is 1. The first-order valence-electron chi connectivity index (χ1n) is 8.11. The van der Waals surface area contributed by atoms with Crippen molar-refractivity contribution in [2.24, 2.45) is 0 Å². The molecule has 1 aromatic heterocycles. The molecule has 1 saturated heterocycles. The standard InChI is InChI=1S/C18H21N3O4/c1-13-19-10-15(16(22)20-13)17(23)21-9-8-18(11-21,24-2)12-25-14-6-4-3-5-7-14/h3-7,10H,8-9,11-12H2,1-2H3,(H,19,20,22)/t18-/m1/s1. The van der Waals surface area contributed by atoms with Gasteiger partial charge < -0.3 is 19.4 Å². The number of nitrogens with one attached hydrogen (secondary N) is 1. The zero-order valence-corrected chi connectivity index (χ0v) is 14.3. The number of carbonyl (C=O) groups is 1. The smallest absolute Gasteiger partial charge is 0.263 e. The molecule has 1 atom stereocenters. The number of aromatic amines is 1. The van der Waals surface area contributed by atoms with E-state index in [1.165, 1.54) is 6.20 Å². The number of rotatable bonds is 5. The van der Waals surface area contributed by atoms with Gasteiger partial charge in [0.25, 0.3) is 11.5 Å². The molecule has 25 heavy (non-hydrogen) atoms. The summed E-state index contributed by atoms with van der Waals surface area (Å²) in [6.07, 6.45) is 1.96. The van der Waals surface area contributed by atoms with Gasteiger partial charge in [-0.25, -0.2) is 4.98 Å². The SMILES string of the molecule is CO[C@]1(COc2ccccc2)CCN(C(=O)c2cnc(C)[nH]c2=O)C1. The second kappa shape index (κ2) is 7.06. The number of hydrogen-bond donors (Lipinski definition) is 1. The third-order valence-corrected chi connectivity index (χ3v) is 4.44. The van der Waals surface area contributed by atoms with E-state index >= 15 is 0 Å². The average molecular weight is 343 g/mol.